The van der Waals surface area contributed by atoms with Gasteiger partial charge in [0.1, 0.15) is 6.54 Å². The number of hydrogen-bond donors (Lipinski definition) is 2. The van der Waals surface area contributed by atoms with Crippen LogP contribution in [0.25, 0.3) is 11.0 Å². The fourth-order valence-corrected chi connectivity index (χ4v) is 4.96. The molecule has 0 radical (unpaired) electrons. The first kappa shape index (κ1) is 18.4. The molecule has 1 aliphatic heterocycles. The van der Waals surface area contributed by atoms with Crippen LogP contribution in [0.3, 0.4) is 0 Å². The quantitative estimate of drug-likeness (QED) is 0.705. The molecule has 1 fully saturated rings. The second-order valence-corrected chi connectivity index (χ2v) is 8.50. The molecule has 0 spiro atoms. The Hall–Kier alpha value is -2.66. The minimum atomic E-state index is -0.000809. The summed E-state index contributed by atoms with van der Waals surface area (Å²) in [5, 5.41) is 3.10. The third-order valence-corrected chi connectivity index (χ3v) is 6.63. The number of nitrogens with one attached hydrogen (secondary N) is 2. The third-order valence-electron chi connectivity index (χ3n) is 6.63. The number of fused-ring (bicyclic) bond motifs is 2. The van der Waals surface area contributed by atoms with E-state index in [1.807, 2.05) is 18.5 Å². The van der Waals surface area contributed by atoms with Crippen molar-refractivity contribution >= 4 is 16.9 Å². The van der Waals surface area contributed by atoms with Crippen LogP contribution in [-0.4, -0.2) is 35.1 Å². The molecule has 1 atom stereocenters. The zero-order valence-corrected chi connectivity index (χ0v) is 16.9. The van der Waals surface area contributed by atoms with Crippen LogP contribution in [0, 0.1) is 0 Å². The first-order valence-corrected chi connectivity index (χ1v) is 10.9. The van der Waals surface area contributed by atoms with E-state index in [1.165, 1.54) is 41.7 Å². The van der Waals surface area contributed by atoms with Crippen molar-refractivity contribution in [1.82, 2.24) is 14.9 Å². The lowest BCUT2D eigenvalue weighted by atomic mass is 10.00. The van der Waals surface area contributed by atoms with Gasteiger partial charge in [0.15, 0.2) is 0 Å². The summed E-state index contributed by atoms with van der Waals surface area (Å²) in [6, 6.07) is 15.2. The molecule has 2 N–H and O–H groups in total. The molecule has 1 saturated carbocycles. The number of imidazole rings is 1. The maximum absolute atomic E-state index is 12.6. The largest absolute Gasteiger partial charge is 0.346 e. The molecule has 5 heteroatoms. The number of nitrogens with zero attached hydrogens (tertiary/aromatic N) is 2. The summed E-state index contributed by atoms with van der Waals surface area (Å²) < 4.78 is 2.29. The Morgan fingerprint density at radius 1 is 1.14 bits per heavy atom. The van der Waals surface area contributed by atoms with Crippen molar-refractivity contribution in [3.8, 4) is 0 Å². The Morgan fingerprint density at radius 2 is 1.97 bits per heavy atom. The van der Waals surface area contributed by atoms with Crippen molar-refractivity contribution in [2.24, 2.45) is 0 Å². The summed E-state index contributed by atoms with van der Waals surface area (Å²) in [4.78, 5) is 18.7. The number of rotatable bonds is 5. The van der Waals surface area contributed by atoms with E-state index in [0.717, 1.165) is 37.1 Å². The highest BCUT2D eigenvalue weighted by molar-refractivity contribution is 5.97. The number of hydrogen-bond acceptors (Lipinski definition) is 2. The second kappa shape index (κ2) is 7.99. The van der Waals surface area contributed by atoms with E-state index in [1.54, 1.807) is 0 Å². The summed E-state index contributed by atoms with van der Waals surface area (Å²) in [5.41, 5.74) is 5.69. The van der Waals surface area contributed by atoms with Crippen molar-refractivity contribution < 1.29 is 9.69 Å². The molecule has 2 aromatic carbocycles. The molecular weight excluding hydrogens is 360 g/mol. The Bertz CT molecular complexity index is 1020. The van der Waals surface area contributed by atoms with Crippen molar-refractivity contribution in [1.29, 1.82) is 0 Å². The first-order valence-electron chi connectivity index (χ1n) is 10.9. The molecule has 2 aliphatic rings. The second-order valence-electron chi connectivity index (χ2n) is 8.50. The lowest BCUT2D eigenvalue weighted by molar-refractivity contribution is -0.914. The van der Waals surface area contributed by atoms with E-state index < -0.39 is 0 Å². The maximum Gasteiger partial charge on any atom is 0.251 e. The zero-order valence-electron chi connectivity index (χ0n) is 16.9. The summed E-state index contributed by atoms with van der Waals surface area (Å²) in [5.74, 6) is -0.000809. The maximum atomic E-state index is 12.6. The van der Waals surface area contributed by atoms with E-state index in [9.17, 15) is 4.79 Å². The molecule has 29 heavy (non-hydrogen) atoms. The van der Waals surface area contributed by atoms with Crippen molar-refractivity contribution in [3.05, 3.63) is 65.5 Å². The van der Waals surface area contributed by atoms with Crippen LogP contribution in [0.15, 0.2) is 48.8 Å². The van der Waals surface area contributed by atoms with Gasteiger partial charge >= 0.3 is 0 Å². The number of quaternary nitrogens is 1. The molecule has 2 heterocycles. The number of carbonyl (C=O) groups is 1. The van der Waals surface area contributed by atoms with Crippen LogP contribution in [0.2, 0.25) is 0 Å². The van der Waals surface area contributed by atoms with E-state index in [4.69, 9.17) is 0 Å². The Balaban J connectivity index is 1.18. The number of amides is 1. The van der Waals surface area contributed by atoms with E-state index in [0.29, 0.717) is 18.2 Å². The summed E-state index contributed by atoms with van der Waals surface area (Å²) >= 11 is 0. The fraction of sp³-hybridized carbons (Fsp3) is 0.417. The topological polar surface area (TPSA) is 51.4 Å². The molecule has 0 saturated heterocycles. The summed E-state index contributed by atoms with van der Waals surface area (Å²) in [6.07, 6.45) is 8.14. The Kier molecular flexibility index (Phi) is 5.06. The number of benzene rings is 2. The molecule has 1 unspecified atom stereocenters. The van der Waals surface area contributed by atoms with Gasteiger partial charge in [0, 0.05) is 23.6 Å². The highest BCUT2D eigenvalue weighted by Gasteiger charge is 2.20. The highest BCUT2D eigenvalue weighted by Crippen LogP contribution is 2.32. The van der Waals surface area contributed by atoms with Crippen LogP contribution in [0.4, 0.5) is 0 Å². The van der Waals surface area contributed by atoms with Crippen LogP contribution in [0.5, 0.6) is 0 Å². The molecule has 150 valence electrons. The molecule has 1 amide bonds. The molecular formula is C24H29N4O+. The van der Waals surface area contributed by atoms with Crippen LogP contribution >= 0.6 is 0 Å². The van der Waals surface area contributed by atoms with Crippen LogP contribution in [-0.2, 0) is 13.0 Å². The van der Waals surface area contributed by atoms with Crippen molar-refractivity contribution in [2.45, 2.75) is 44.7 Å². The first-order chi connectivity index (χ1) is 14.3. The van der Waals surface area contributed by atoms with E-state index in [-0.39, 0.29) is 5.91 Å². The van der Waals surface area contributed by atoms with Gasteiger partial charge in [-0.2, -0.15) is 0 Å². The minimum Gasteiger partial charge on any atom is -0.346 e. The lowest BCUT2D eigenvalue weighted by Gasteiger charge is -2.25. The fourth-order valence-electron chi connectivity index (χ4n) is 4.96. The molecule has 3 aromatic rings. The Labute approximate surface area is 171 Å². The predicted molar refractivity (Wildman–Crippen MR) is 114 cm³/mol. The standard InChI is InChI=1S/C24H28N4O/c29-24(25-12-14-27-13-11-18-5-1-2-6-20(18)16-27)19-9-10-23-22(15-19)26-17-28(23)21-7-3-4-8-21/h1-2,5-6,9-10,15,17,21H,3-4,7-8,11-14,16H2,(H,25,29)/p+1. The van der Waals surface area contributed by atoms with Gasteiger partial charge in [-0.25, -0.2) is 4.98 Å². The summed E-state index contributed by atoms with van der Waals surface area (Å²) in [7, 11) is 0. The molecule has 1 aromatic heterocycles. The number of aromatic nitrogens is 2. The molecule has 0 bridgehead atoms. The van der Waals surface area contributed by atoms with Crippen LogP contribution < -0.4 is 10.2 Å². The van der Waals surface area contributed by atoms with Crippen molar-refractivity contribution in [3.63, 3.8) is 0 Å². The van der Waals surface area contributed by atoms with Gasteiger partial charge in [-0.3, -0.25) is 4.79 Å². The van der Waals surface area contributed by atoms with Gasteiger partial charge < -0.3 is 14.8 Å². The highest BCUT2D eigenvalue weighted by atomic mass is 16.1. The van der Waals surface area contributed by atoms with Gasteiger partial charge in [0.25, 0.3) is 5.91 Å². The predicted octanol–water partition coefficient (Wildman–Crippen LogP) is 2.52. The van der Waals surface area contributed by atoms with Gasteiger partial charge in [-0.05, 0) is 36.6 Å². The van der Waals surface area contributed by atoms with Gasteiger partial charge in [-0.15, -0.1) is 0 Å². The smallest absolute Gasteiger partial charge is 0.251 e. The van der Waals surface area contributed by atoms with E-state index >= 15 is 0 Å². The normalized spacial score (nSPS) is 19.4. The number of carbonyl (C=O) groups excluding carboxylic acids is 1. The van der Waals surface area contributed by atoms with E-state index in [2.05, 4.69) is 45.2 Å². The minimum absolute atomic E-state index is 0.000809. The summed E-state index contributed by atoms with van der Waals surface area (Å²) in [6.45, 7) is 3.84. The SMILES string of the molecule is O=C(NCC[NH+]1CCc2ccccc2C1)c1ccc2c(c1)ncn2C1CCCC1. The Morgan fingerprint density at radius 3 is 2.83 bits per heavy atom. The monoisotopic (exact) mass is 389 g/mol. The molecule has 5 nitrogen and oxygen atoms in total. The van der Waals surface area contributed by atoms with Gasteiger partial charge in [0.05, 0.1) is 37.0 Å². The lowest BCUT2D eigenvalue weighted by Crippen LogP contribution is -3.12. The average molecular weight is 390 g/mol. The average Bonchev–Trinajstić information content (AvgIpc) is 3.42. The van der Waals surface area contributed by atoms with Gasteiger partial charge in [-0.1, -0.05) is 37.1 Å². The van der Waals surface area contributed by atoms with Crippen LogP contribution in [0.1, 0.15) is 53.2 Å². The zero-order chi connectivity index (χ0) is 19.6. The molecule has 5 rings (SSSR count). The third kappa shape index (κ3) is 3.79. The van der Waals surface area contributed by atoms with Crippen molar-refractivity contribution in [2.75, 3.05) is 19.6 Å². The van der Waals surface area contributed by atoms with Gasteiger partial charge in [0.2, 0.25) is 0 Å². The molecule has 1 aliphatic carbocycles.